The van der Waals surface area contributed by atoms with Gasteiger partial charge in [0.15, 0.2) is 0 Å². The molecule has 102 valence electrons. The van der Waals surface area contributed by atoms with Crippen LogP contribution in [0.4, 0.5) is 0 Å². The number of rotatable bonds is 6. The van der Waals surface area contributed by atoms with E-state index in [9.17, 15) is 9.59 Å². The fraction of sp³-hybridized carbons (Fsp3) is 0.0667. The molecule has 0 atom stereocenters. The summed E-state index contributed by atoms with van der Waals surface area (Å²) >= 11 is 1.06. The molecule has 2 rings (SSSR count). The first-order valence-electron chi connectivity index (χ1n) is 5.87. The van der Waals surface area contributed by atoms with Crippen molar-refractivity contribution in [3.63, 3.8) is 0 Å². The number of carboxylic acid groups (broad SMARTS) is 1. The molecule has 0 radical (unpaired) electrons. The number of Topliss-reactive ketones (excluding diaryl/α,β-unsaturated/α-hetero) is 1. The normalized spacial score (nSPS) is 10.6. The predicted octanol–water partition coefficient (Wildman–Crippen LogP) is 3.11. The third-order valence-electron chi connectivity index (χ3n) is 2.45. The van der Waals surface area contributed by atoms with Gasteiger partial charge in [-0.2, -0.15) is 0 Å². The number of aliphatic carboxylic acids is 1. The molecule has 0 unspecified atom stereocenters. The molecule has 0 amide bonds. The average Bonchev–Trinajstić information content (AvgIpc) is 2.92. The highest BCUT2D eigenvalue weighted by atomic mass is 32.1. The Kier molecular flexibility index (Phi) is 4.68. The van der Waals surface area contributed by atoms with E-state index in [4.69, 9.17) is 9.84 Å². The van der Waals surface area contributed by atoms with Gasteiger partial charge < -0.3 is 9.84 Å². The molecule has 1 N–H and O–H groups in total. The van der Waals surface area contributed by atoms with Gasteiger partial charge in [-0.25, -0.2) is 4.79 Å². The third kappa shape index (κ3) is 3.80. The second kappa shape index (κ2) is 6.68. The minimum atomic E-state index is -1.46. The van der Waals surface area contributed by atoms with E-state index in [0.717, 1.165) is 16.9 Å². The zero-order valence-electron chi connectivity index (χ0n) is 10.5. The summed E-state index contributed by atoms with van der Waals surface area (Å²) in [5.41, 5.74) is 1.07. The molecule has 0 spiro atoms. The van der Waals surface area contributed by atoms with Gasteiger partial charge in [0.2, 0.25) is 0 Å². The summed E-state index contributed by atoms with van der Waals surface area (Å²) in [7, 11) is 0. The van der Waals surface area contributed by atoms with Crippen molar-refractivity contribution in [3.8, 4) is 5.75 Å². The number of carbonyl (C=O) groups excluding carboxylic acids is 1. The molecule has 0 aliphatic heterocycles. The van der Waals surface area contributed by atoms with E-state index in [2.05, 4.69) is 0 Å². The lowest BCUT2D eigenvalue weighted by Crippen LogP contribution is -2.10. The van der Waals surface area contributed by atoms with Crippen molar-refractivity contribution in [2.24, 2.45) is 0 Å². The van der Waals surface area contributed by atoms with Gasteiger partial charge in [-0.15, -0.1) is 11.3 Å². The van der Waals surface area contributed by atoms with Crippen molar-refractivity contribution >= 4 is 29.2 Å². The van der Waals surface area contributed by atoms with Gasteiger partial charge in [-0.05, 0) is 11.6 Å². The Hall–Kier alpha value is -2.40. The molecule has 0 bridgehead atoms. The van der Waals surface area contributed by atoms with E-state index >= 15 is 0 Å². The predicted molar refractivity (Wildman–Crippen MR) is 77.3 cm³/mol. The molecule has 0 fully saturated rings. The summed E-state index contributed by atoms with van der Waals surface area (Å²) in [6.07, 6.45) is 3.78. The van der Waals surface area contributed by atoms with Crippen LogP contribution < -0.4 is 4.74 Å². The zero-order chi connectivity index (χ0) is 14.4. The lowest BCUT2D eigenvalue weighted by Gasteiger charge is -1.98. The molecule has 1 heterocycles. The largest absolute Gasteiger partial charge is 0.489 e. The fourth-order valence-electron chi connectivity index (χ4n) is 1.51. The van der Waals surface area contributed by atoms with Gasteiger partial charge in [0, 0.05) is 11.4 Å². The Labute approximate surface area is 119 Å². The highest BCUT2D eigenvalue weighted by molar-refractivity contribution is 7.13. The Balaban J connectivity index is 1.87. The number of carbonyl (C=O) groups is 2. The van der Waals surface area contributed by atoms with Crippen molar-refractivity contribution in [1.29, 1.82) is 0 Å². The van der Waals surface area contributed by atoms with Gasteiger partial charge in [0.1, 0.15) is 12.4 Å². The summed E-state index contributed by atoms with van der Waals surface area (Å²) in [6, 6.07) is 11.2. The van der Waals surface area contributed by atoms with E-state index in [-0.39, 0.29) is 4.88 Å². The van der Waals surface area contributed by atoms with Crippen LogP contribution in [0.2, 0.25) is 0 Å². The Morgan fingerprint density at radius 2 is 2.00 bits per heavy atom. The van der Waals surface area contributed by atoms with Crippen LogP contribution in [-0.4, -0.2) is 23.5 Å². The summed E-state index contributed by atoms with van der Waals surface area (Å²) in [6.45, 7) is 0.354. The van der Waals surface area contributed by atoms with Crippen molar-refractivity contribution in [1.82, 2.24) is 0 Å². The lowest BCUT2D eigenvalue weighted by atomic mass is 10.2. The molecular weight excluding hydrogens is 276 g/mol. The SMILES string of the molecule is O=C(O)C(=O)c1cc(OC/C=C/c2ccccc2)cs1. The van der Waals surface area contributed by atoms with Gasteiger partial charge in [0.05, 0.1) is 4.88 Å². The first-order chi connectivity index (χ1) is 9.66. The number of benzene rings is 1. The van der Waals surface area contributed by atoms with Crippen LogP contribution >= 0.6 is 11.3 Å². The van der Waals surface area contributed by atoms with Crippen LogP contribution in [-0.2, 0) is 4.79 Å². The first kappa shape index (κ1) is 14.0. The maximum Gasteiger partial charge on any atom is 0.378 e. The smallest absolute Gasteiger partial charge is 0.378 e. The van der Waals surface area contributed by atoms with Crippen LogP contribution in [0.1, 0.15) is 15.2 Å². The van der Waals surface area contributed by atoms with Crippen molar-refractivity contribution < 1.29 is 19.4 Å². The summed E-state index contributed by atoms with van der Waals surface area (Å²) < 4.78 is 5.42. The molecule has 0 aliphatic carbocycles. The second-order valence-corrected chi connectivity index (χ2v) is 4.82. The third-order valence-corrected chi connectivity index (χ3v) is 3.36. The number of ketones is 1. The Morgan fingerprint density at radius 1 is 1.25 bits per heavy atom. The van der Waals surface area contributed by atoms with E-state index in [1.165, 1.54) is 6.07 Å². The van der Waals surface area contributed by atoms with E-state index in [0.29, 0.717) is 12.4 Å². The second-order valence-electron chi connectivity index (χ2n) is 3.90. The molecule has 0 aliphatic rings. The summed E-state index contributed by atoms with van der Waals surface area (Å²) in [5.74, 6) is -1.87. The highest BCUT2D eigenvalue weighted by Gasteiger charge is 2.16. The molecular formula is C15H12O4S. The van der Waals surface area contributed by atoms with Crippen LogP contribution in [0.25, 0.3) is 6.08 Å². The maximum atomic E-state index is 11.2. The quantitative estimate of drug-likeness (QED) is 0.655. The Bertz CT molecular complexity index is 628. The van der Waals surface area contributed by atoms with Gasteiger partial charge in [-0.3, -0.25) is 4.79 Å². The minimum absolute atomic E-state index is 0.166. The lowest BCUT2D eigenvalue weighted by molar-refractivity contribution is -0.131. The Morgan fingerprint density at radius 3 is 2.70 bits per heavy atom. The minimum Gasteiger partial charge on any atom is -0.489 e. The summed E-state index contributed by atoms with van der Waals surface area (Å²) in [4.78, 5) is 21.9. The van der Waals surface area contributed by atoms with Crippen molar-refractivity contribution in [3.05, 3.63) is 58.3 Å². The van der Waals surface area contributed by atoms with Crippen LogP contribution in [0, 0.1) is 0 Å². The van der Waals surface area contributed by atoms with Crippen LogP contribution in [0.5, 0.6) is 5.75 Å². The molecule has 2 aromatic rings. The number of carboxylic acids is 1. The van der Waals surface area contributed by atoms with E-state index in [1.807, 2.05) is 42.5 Å². The highest BCUT2D eigenvalue weighted by Crippen LogP contribution is 2.22. The molecule has 1 aromatic heterocycles. The van der Waals surface area contributed by atoms with E-state index < -0.39 is 11.8 Å². The monoisotopic (exact) mass is 288 g/mol. The molecule has 4 nitrogen and oxygen atoms in total. The maximum absolute atomic E-state index is 11.2. The fourth-order valence-corrected chi connectivity index (χ4v) is 2.27. The summed E-state index contributed by atoms with van der Waals surface area (Å²) in [5, 5.41) is 10.2. The molecule has 5 heteroatoms. The first-order valence-corrected chi connectivity index (χ1v) is 6.75. The topological polar surface area (TPSA) is 63.6 Å². The standard InChI is InChI=1S/C15H12O4S/c16-14(15(17)18)13-9-12(10-20-13)19-8-4-7-11-5-2-1-3-6-11/h1-7,9-10H,8H2,(H,17,18)/b7-4+. The van der Waals surface area contributed by atoms with Crippen molar-refractivity contribution in [2.45, 2.75) is 0 Å². The number of hydrogen-bond acceptors (Lipinski definition) is 4. The number of thiophene rings is 1. The van der Waals surface area contributed by atoms with Gasteiger partial charge in [0.25, 0.3) is 5.78 Å². The molecule has 20 heavy (non-hydrogen) atoms. The molecule has 1 aromatic carbocycles. The van der Waals surface area contributed by atoms with E-state index in [1.54, 1.807) is 5.38 Å². The number of hydrogen-bond donors (Lipinski definition) is 1. The molecule has 0 saturated heterocycles. The van der Waals surface area contributed by atoms with Crippen LogP contribution in [0.3, 0.4) is 0 Å². The van der Waals surface area contributed by atoms with Gasteiger partial charge >= 0.3 is 5.97 Å². The van der Waals surface area contributed by atoms with Crippen molar-refractivity contribution in [2.75, 3.05) is 6.61 Å². The number of ether oxygens (including phenoxy) is 1. The molecule has 0 saturated carbocycles. The average molecular weight is 288 g/mol. The van der Waals surface area contributed by atoms with Gasteiger partial charge in [-0.1, -0.05) is 36.4 Å². The zero-order valence-corrected chi connectivity index (χ0v) is 11.3. The van der Waals surface area contributed by atoms with Crippen LogP contribution in [0.15, 0.2) is 47.9 Å².